The van der Waals surface area contributed by atoms with Crippen molar-refractivity contribution in [3.05, 3.63) is 78.7 Å². The molecule has 0 spiro atoms. The van der Waals surface area contributed by atoms with E-state index in [0.29, 0.717) is 17.4 Å². The molecular formula is C21H20N6O2. The summed E-state index contributed by atoms with van der Waals surface area (Å²) in [5, 5.41) is 11.4. The van der Waals surface area contributed by atoms with Gasteiger partial charge in [-0.1, -0.05) is 37.2 Å². The number of hydrogen-bond donors (Lipinski definition) is 1. The summed E-state index contributed by atoms with van der Waals surface area (Å²) in [4.78, 5) is 21.2. The van der Waals surface area contributed by atoms with Crippen LogP contribution in [0, 0.1) is 5.92 Å². The van der Waals surface area contributed by atoms with Crippen molar-refractivity contribution >= 4 is 5.91 Å². The normalized spacial score (nSPS) is 12.1. The van der Waals surface area contributed by atoms with Gasteiger partial charge in [-0.3, -0.25) is 9.78 Å². The summed E-state index contributed by atoms with van der Waals surface area (Å²) in [5.41, 5.74) is 1.99. The van der Waals surface area contributed by atoms with E-state index in [1.54, 1.807) is 41.5 Å². The zero-order valence-corrected chi connectivity index (χ0v) is 16.1. The Kier molecular flexibility index (Phi) is 5.15. The second-order valence-corrected chi connectivity index (χ2v) is 6.87. The Morgan fingerprint density at radius 1 is 1.07 bits per heavy atom. The van der Waals surface area contributed by atoms with Crippen molar-refractivity contribution in [1.82, 2.24) is 30.2 Å². The monoisotopic (exact) mass is 388 g/mol. The Bertz CT molecular complexity index is 1090. The molecule has 0 radical (unpaired) electrons. The maximum atomic E-state index is 12.8. The minimum absolute atomic E-state index is 0.0425. The maximum Gasteiger partial charge on any atom is 0.272 e. The zero-order chi connectivity index (χ0) is 20.2. The predicted molar refractivity (Wildman–Crippen MR) is 106 cm³/mol. The smallest absolute Gasteiger partial charge is 0.272 e. The van der Waals surface area contributed by atoms with Gasteiger partial charge in [0, 0.05) is 24.2 Å². The Morgan fingerprint density at radius 2 is 1.83 bits per heavy atom. The molecule has 1 amide bonds. The molecule has 0 bridgehead atoms. The first-order valence-corrected chi connectivity index (χ1v) is 9.28. The predicted octanol–water partition coefficient (Wildman–Crippen LogP) is 3.44. The van der Waals surface area contributed by atoms with E-state index < -0.39 is 6.04 Å². The molecule has 1 N–H and O–H groups in total. The summed E-state index contributed by atoms with van der Waals surface area (Å²) in [6.45, 7) is 3.95. The topological polar surface area (TPSA) is 98.7 Å². The number of aromatic nitrogens is 5. The molecule has 1 aromatic carbocycles. The first-order valence-electron chi connectivity index (χ1n) is 9.28. The standard InChI is InChI=1S/C21H20N6O2/c1-14(2)18(21-24-19(26-29-21)15-8-11-22-12-9-15)23-20(28)17-10-13-27(25-17)16-6-4-3-5-7-16/h3-14,18H,1-2H3,(H,23,28). The summed E-state index contributed by atoms with van der Waals surface area (Å²) in [6, 6.07) is 14.4. The molecule has 0 fully saturated rings. The summed E-state index contributed by atoms with van der Waals surface area (Å²) in [6.07, 6.45) is 5.08. The van der Waals surface area contributed by atoms with Gasteiger partial charge in [-0.25, -0.2) is 4.68 Å². The van der Waals surface area contributed by atoms with Crippen molar-refractivity contribution in [3.8, 4) is 17.1 Å². The van der Waals surface area contributed by atoms with Crippen LogP contribution in [0.25, 0.3) is 17.1 Å². The zero-order valence-electron chi connectivity index (χ0n) is 16.1. The van der Waals surface area contributed by atoms with Crippen molar-refractivity contribution in [3.63, 3.8) is 0 Å². The number of carbonyl (C=O) groups excluding carboxylic acids is 1. The van der Waals surface area contributed by atoms with Crippen molar-refractivity contribution in [2.75, 3.05) is 0 Å². The van der Waals surface area contributed by atoms with Crippen LogP contribution in [0.1, 0.15) is 36.3 Å². The number of rotatable bonds is 6. The molecule has 3 aromatic heterocycles. The molecule has 146 valence electrons. The first kappa shape index (κ1) is 18.5. The van der Waals surface area contributed by atoms with Gasteiger partial charge in [0.05, 0.1) is 5.69 Å². The highest BCUT2D eigenvalue weighted by Crippen LogP contribution is 2.23. The van der Waals surface area contributed by atoms with Gasteiger partial charge >= 0.3 is 0 Å². The second-order valence-electron chi connectivity index (χ2n) is 6.87. The SMILES string of the molecule is CC(C)C(NC(=O)c1ccn(-c2ccccc2)n1)c1nc(-c2ccncc2)no1. The van der Waals surface area contributed by atoms with Gasteiger partial charge in [0.25, 0.3) is 5.91 Å². The van der Waals surface area contributed by atoms with Gasteiger partial charge < -0.3 is 9.84 Å². The maximum absolute atomic E-state index is 12.8. The molecule has 0 saturated heterocycles. The van der Waals surface area contributed by atoms with Gasteiger partial charge in [-0.05, 0) is 36.2 Å². The molecule has 8 nitrogen and oxygen atoms in total. The largest absolute Gasteiger partial charge is 0.339 e. The van der Waals surface area contributed by atoms with Crippen LogP contribution in [0.5, 0.6) is 0 Å². The number of benzene rings is 1. The van der Waals surface area contributed by atoms with Crippen LogP contribution < -0.4 is 5.32 Å². The van der Waals surface area contributed by atoms with E-state index >= 15 is 0 Å². The van der Waals surface area contributed by atoms with E-state index in [4.69, 9.17) is 4.52 Å². The van der Waals surface area contributed by atoms with Crippen LogP contribution >= 0.6 is 0 Å². The Hall–Kier alpha value is -3.81. The highest BCUT2D eigenvalue weighted by molar-refractivity contribution is 5.92. The summed E-state index contributed by atoms with van der Waals surface area (Å²) in [7, 11) is 0. The van der Waals surface area contributed by atoms with E-state index in [2.05, 4.69) is 25.5 Å². The highest BCUT2D eigenvalue weighted by atomic mass is 16.5. The number of nitrogens with zero attached hydrogens (tertiary/aromatic N) is 5. The van der Waals surface area contributed by atoms with E-state index in [0.717, 1.165) is 11.3 Å². The van der Waals surface area contributed by atoms with E-state index in [1.807, 2.05) is 44.2 Å². The van der Waals surface area contributed by atoms with Gasteiger partial charge in [0.2, 0.25) is 11.7 Å². The third-order valence-corrected chi connectivity index (χ3v) is 4.44. The lowest BCUT2D eigenvalue weighted by Crippen LogP contribution is -2.32. The van der Waals surface area contributed by atoms with Gasteiger partial charge in [0.15, 0.2) is 5.69 Å². The van der Waals surface area contributed by atoms with E-state index in [1.165, 1.54) is 0 Å². The fourth-order valence-corrected chi connectivity index (χ4v) is 2.88. The van der Waals surface area contributed by atoms with E-state index in [9.17, 15) is 4.79 Å². The van der Waals surface area contributed by atoms with Crippen LogP contribution in [0.2, 0.25) is 0 Å². The Labute approximate surface area is 167 Å². The number of nitrogens with one attached hydrogen (secondary N) is 1. The number of para-hydroxylation sites is 1. The highest BCUT2D eigenvalue weighted by Gasteiger charge is 2.26. The van der Waals surface area contributed by atoms with Crippen LogP contribution in [0.4, 0.5) is 0 Å². The molecule has 0 aliphatic carbocycles. The Morgan fingerprint density at radius 3 is 2.55 bits per heavy atom. The number of carbonyl (C=O) groups is 1. The lowest BCUT2D eigenvalue weighted by molar-refractivity contribution is 0.0908. The minimum atomic E-state index is -0.438. The van der Waals surface area contributed by atoms with Crippen LogP contribution in [0.3, 0.4) is 0 Å². The lowest BCUT2D eigenvalue weighted by atomic mass is 10.0. The number of pyridine rings is 1. The molecule has 8 heteroatoms. The van der Waals surface area contributed by atoms with Crippen LogP contribution in [-0.4, -0.2) is 30.8 Å². The van der Waals surface area contributed by atoms with Crippen LogP contribution in [0.15, 0.2) is 71.6 Å². The molecule has 0 aliphatic rings. The fraction of sp³-hybridized carbons (Fsp3) is 0.190. The lowest BCUT2D eigenvalue weighted by Gasteiger charge is -2.17. The summed E-state index contributed by atoms with van der Waals surface area (Å²) >= 11 is 0. The number of amides is 1. The second kappa shape index (κ2) is 8.05. The summed E-state index contributed by atoms with van der Waals surface area (Å²) in [5.74, 6) is 0.543. The van der Waals surface area contributed by atoms with Crippen molar-refractivity contribution in [2.45, 2.75) is 19.9 Å². The van der Waals surface area contributed by atoms with Crippen molar-refractivity contribution < 1.29 is 9.32 Å². The average Bonchev–Trinajstić information content (AvgIpc) is 3.43. The molecule has 4 rings (SSSR count). The van der Waals surface area contributed by atoms with Crippen molar-refractivity contribution in [1.29, 1.82) is 0 Å². The molecule has 0 aliphatic heterocycles. The van der Waals surface area contributed by atoms with Gasteiger partial charge in [-0.15, -0.1) is 0 Å². The first-order chi connectivity index (χ1) is 14.1. The molecule has 0 saturated carbocycles. The molecule has 4 aromatic rings. The molecular weight excluding hydrogens is 368 g/mol. The molecule has 3 heterocycles. The Balaban J connectivity index is 1.53. The summed E-state index contributed by atoms with van der Waals surface area (Å²) < 4.78 is 7.09. The van der Waals surface area contributed by atoms with E-state index in [-0.39, 0.29) is 11.8 Å². The quantitative estimate of drug-likeness (QED) is 0.543. The fourth-order valence-electron chi connectivity index (χ4n) is 2.88. The van der Waals surface area contributed by atoms with Crippen LogP contribution in [-0.2, 0) is 0 Å². The molecule has 1 unspecified atom stereocenters. The van der Waals surface area contributed by atoms with Crippen molar-refractivity contribution in [2.24, 2.45) is 5.92 Å². The van der Waals surface area contributed by atoms with Gasteiger partial charge in [0.1, 0.15) is 6.04 Å². The minimum Gasteiger partial charge on any atom is -0.339 e. The third kappa shape index (κ3) is 4.06. The number of hydrogen-bond acceptors (Lipinski definition) is 6. The average molecular weight is 388 g/mol. The molecule has 29 heavy (non-hydrogen) atoms. The van der Waals surface area contributed by atoms with Gasteiger partial charge in [-0.2, -0.15) is 10.1 Å². The molecule has 1 atom stereocenters. The third-order valence-electron chi connectivity index (χ3n) is 4.44.